The van der Waals surface area contributed by atoms with Crippen molar-refractivity contribution >= 4 is 50.7 Å². The molecule has 0 saturated heterocycles. The molecular weight excluding hydrogens is 481 g/mol. The zero-order chi connectivity index (χ0) is 22.4. The number of sulfonamides is 1. The molecule has 1 N–H and O–H groups in total. The van der Waals surface area contributed by atoms with Gasteiger partial charge in [0.25, 0.3) is 0 Å². The van der Waals surface area contributed by atoms with Crippen LogP contribution < -0.4 is 5.32 Å². The molecule has 0 aliphatic heterocycles. The summed E-state index contributed by atoms with van der Waals surface area (Å²) in [6.07, 6.45) is 3.22. The van der Waals surface area contributed by atoms with E-state index in [4.69, 9.17) is 34.8 Å². The lowest BCUT2D eigenvalue weighted by atomic mass is 10.2. The molecule has 6 nitrogen and oxygen atoms in total. The van der Waals surface area contributed by atoms with Gasteiger partial charge in [0.15, 0.2) is 0 Å². The summed E-state index contributed by atoms with van der Waals surface area (Å²) in [7, 11) is -4.04. The molecule has 3 aromatic rings. The van der Waals surface area contributed by atoms with Gasteiger partial charge >= 0.3 is 0 Å². The molecular formula is C21H18Cl3N3O3S. The maximum absolute atomic E-state index is 13.3. The van der Waals surface area contributed by atoms with Crippen molar-refractivity contribution < 1.29 is 13.2 Å². The van der Waals surface area contributed by atoms with E-state index in [1.54, 1.807) is 42.7 Å². The third-order valence-electron chi connectivity index (χ3n) is 4.41. The number of rotatable bonds is 8. The molecule has 0 bridgehead atoms. The van der Waals surface area contributed by atoms with Gasteiger partial charge in [-0.3, -0.25) is 9.78 Å². The maximum atomic E-state index is 13.3. The lowest BCUT2D eigenvalue weighted by Gasteiger charge is -2.23. The van der Waals surface area contributed by atoms with Crippen LogP contribution in [0.15, 0.2) is 71.9 Å². The summed E-state index contributed by atoms with van der Waals surface area (Å²) in [6.45, 7) is -0.354. The van der Waals surface area contributed by atoms with Gasteiger partial charge in [0.2, 0.25) is 15.9 Å². The van der Waals surface area contributed by atoms with Gasteiger partial charge in [-0.15, -0.1) is 0 Å². The van der Waals surface area contributed by atoms with Crippen molar-refractivity contribution in [2.45, 2.75) is 18.0 Å². The monoisotopic (exact) mass is 497 g/mol. The minimum Gasteiger partial charge on any atom is -0.351 e. The Kier molecular flexibility index (Phi) is 7.91. The molecule has 0 atom stereocenters. The predicted molar refractivity (Wildman–Crippen MR) is 122 cm³/mol. The van der Waals surface area contributed by atoms with Crippen molar-refractivity contribution in [1.82, 2.24) is 14.6 Å². The topological polar surface area (TPSA) is 79.4 Å². The number of nitrogens with zero attached hydrogens (tertiary/aromatic N) is 2. The summed E-state index contributed by atoms with van der Waals surface area (Å²) < 4.78 is 27.6. The summed E-state index contributed by atoms with van der Waals surface area (Å²) >= 11 is 18.4. The second-order valence-corrected chi connectivity index (χ2v) is 9.75. The lowest BCUT2D eigenvalue weighted by molar-refractivity contribution is -0.121. The van der Waals surface area contributed by atoms with Crippen molar-refractivity contribution in [3.8, 4) is 0 Å². The Labute approximate surface area is 195 Å². The first kappa shape index (κ1) is 23.5. The van der Waals surface area contributed by atoms with Crippen molar-refractivity contribution in [2.24, 2.45) is 0 Å². The molecule has 2 aromatic carbocycles. The molecule has 1 amide bonds. The third-order valence-corrected chi connectivity index (χ3v) is 7.17. The highest BCUT2D eigenvalue weighted by molar-refractivity contribution is 7.89. The molecule has 0 spiro atoms. The Bertz CT molecular complexity index is 1140. The third kappa shape index (κ3) is 6.18. The Hall–Kier alpha value is -2.16. The summed E-state index contributed by atoms with van der Waals surface area (Å²) in [6, 6.07) is 14.1. The van der Waals surface area contributed by atoms with Crippen molar-refractivity contribution in [3.63, 3.8) is 0 Å². The number of carbonyl (C=O) groups is 1. The second-order valence-electron chi connectivity index (χ2n) is 6.56. The molecule has 0 aliphatic carbocycles. The van der Waals surface area contributed by atoms with Crippen LogP contribution in [0.25, 0.3) is 0 Å². The van der Waals surface area contributed by atoms with Gasteiger partial charge in [-0.05, 0) is 54.1 Å². The number of halogens is 3. The van der Waals surface area contributed by atoms with Crippen molar-refractivity contribution in [1.29, 1.82) is 0 Å². The molecule has 0 unspecified atom stereocenters. The van der Waals surface area contributed by atoms with E-state index in [9.17, 15) is 13.2 Å². The predicted octanol–water partition coefficient (Wildman–Crippen LogP) is 4.55. The number of hydrogen-bond donors (Lipinski definition) is 1. The first-order valence-corrected chi connectivity index (χ1v) is 11.7. The number of hydrogen-bond acceptors (Lipinski definition) is 4. The summed E-state index contributed by atoms with van der Waals surface area (Å²) in [4.78, 5) is 16.5. The molecule has 1 heterocycles. The van der Waals surface area contributed by atoms with E-state index in [1.165, 1.54) is 24.3 Å². The molecule has 10 heteroatoms. The van der Waals surface area contributed by atoms with E-state index >= 15 is 0 Å². The molecule has 1 aromatic heterocycles. The summed E-state index contributed by atoms with van der Waals surface area (Å²) in [5.74, 6) is -0.475. The number of amides is 1. The fraction of sp³-hybridized carbons (Fsp3) is 0.143. The number of benzene rings is 2. The van der Waals surface area contributed by atoms with Crippen molar-refractivity contribution in [2.75, 3.05) is 6.54 Å². The Morgan fingerprint density at radius 1 is 0.935 bits per heavy atom. The van der Waals surface area contributed by atoms with Gasteiger partial charge in [0.05, 0.1) is 11.4 Å². The lowest BCUT2D eigenvalue weighted by Crippen LogP contribution is -2.40. The first-order chi connectivity index (χ1) is 14.8. The van der Waals surface area contributed by atoms with Crippen LogP contribution in [0.3, 0.4) is 0 Å². The van der Waals surface area contributed by atoms with E-state index in [-0.39, 0.29) is 18.0 Å². The van der Waals surface area contributed by atoms with Crippen LogP contribution in [-0.2, 0) is 27.9 Å². The molecule has 0 saturated carbocycles. The molecule has 162 valence electrons. The standard InChI is InChI=1S/C21H18Cl3N3O3S/c22-16-4-6-17(7-5-16)31(29,30)27(13-18-19(23)2-1-3-20(18)24)14-21(28)26-12-15-8-10-25-11-9-15/h1-11H,12-14H2,(H,26,28). The Morgan fingerprint density at radius 2 is 1.55 bits per heavy atom. The van der Waals surface area contributed by atoms with Gasteiger partial charge < -0.3 is 5.32 Å². The minimum absolute atomic E-state index is 0.00186. The zero-order valence-electron chi connectivity index (χ0n) is 16.1. The van der Waals surface area contributed by atoms with Crippen LogP contribution in [-0.4, -0.2) is 30.2 Å². The SMILES string of the molecule is O=C(CN(Cc1c(Cl)cccc1Cl)S(=O)(=O)c1ccc(Cl)cc1)NCc1ccncc1. The van der Waals surface area contributed by atoms with Crippen LogP contribution in [0.5, 0.6) is 0 Å². The number of pyridine rings is 1. The van der Waals surface area contributed by atoms with Crippen molar-refractivity contribution in [3.05, 3.63) is 93.2 Å². The number of nitrogens with one attached hydrogen (secondary N) is 1. The minimum atomic E-state index is -4.04. The van der Waals surface area contributed by atoms with Gasteiger partial charge in [-0.25, -0.2) is 8.42 Å². The van der Waals surface area contributed by atoms with Gasteiger partial charge in [0.1, 0.15) is 0 Å². The highest BCUT2D eigenvalue weighted by atomic mass is 35.5. The van der Waals surface area contributed by atoms with Crippen LogP contribution in [0, 0.1) is 0 Å². The maximum Gasteiger partial charge on any atom is 0.243 e. The van der Waals surface area contributed by atoms with Gasteiger partial charge in [-0.2, -0.15) is 4.31 Å². The van der Waals surface area contributed by atoms with E-state index in [1.807, 2.05) is 0 Å². The zero-order valence-corrected chi connectivity index (χ0v) is 19.2. The van der Waals surface area contributed by atoms with Gasteiger partial charge in [0, 0.05) is 46.1 Å². The smallest absolute Gasteiger partial charge is 0.243 e. The summed E-state index contributed by atoms with van der Waals surface area (Å²) in [5.41, 5.74) is 1.25. The Morgan fingerprint density at radius 3 is 2.16 bits per heavy atom. The first-order valence-electron chi connectivity index (χ1n) is 9.11. The molecule has 0 radical (unpaired) electrons. The van der Waals surface area contributed by atoms with E-state index in [2.05, 4.69) is 10.3 Å². The highest BCUT2D eigenvalue weighted by Gasteiger charge is 2.28. The van der Waals surface area contributed by atoms with Gasteiger partial charge in [-0.1, -0.05) is 40.9 Å². The van der Waals surface area contributed by atoms with E-state index in [0.29, 0.717) is 20.6 Å². The normalized spacial score (nSPS) is 11.5. The average molecular weight is 499 g/mol. The van der Waals surface area contributed by atoms with Crippen LogP contribution in [0.4, 0.5) is 0 Å². The van der Waals surface area contributed by atoms with E-state index in [0.717, 1.165) is 9.87 Å². The molecule has 0 aliphatic rings. The Balaban J connectivity index is 1.86. The number of aromatic nitrogens is 1. The van der Waals surface area contributed by atoms with E-state index < -0.39 is 22.5 Å². The highest BCUT2D eigenvalue weighted by Crippen LogP contribution is 2.28. The second kappa shape index (κ2) is 10.4. The molecule has 31 heavy (non-hydrogen) atoms. The fourth-order valence-electron chi connectivity index (χ4n) is 2.76. The average Bonchev–Trinajstić information content (AvgIpc) is 2.75. The molecule has 3 rings (SSSR count). The quantitative estimate of drug-likeness (QED) is 0.494. The number of carbonyl (C=O) groups excluding carboxylic acids is 1. The fourth-order valence-corrected chi connectivity index (χ4v) is 4.77. The van der Waals surface area contributed by atoms with Crippen LogP contribution >= 0.6 is 34.8 Å². The van der Waals surface area contributed by atoms with Crippen LogP contribution in [0.1, 0.15) is 11.1 Å². The largest absolute Gasteiger partial charge is 0.351 e. The molecule has 0 fully saturated rings. The van der Waals surface area contributed by atoms with Crippen LogP contribution in [0.2, 0.25) is 15.1 Å². The summed E-state index contributed by atoms with van der Waals surface area (Å²) in [5, 5.41) is 3.73.